The van der Waals surface area contributed by atoms with Gasteiger partial charge in [-0.15, -0.1) is 20.4 Å². The number of phenols is 1. The number of ether oxygens (including phenoxy) is 1. The van der Waals surface area contributed by atoms with E-state index < -0.39 is 0 Å². The van der Waals surface area contributed by atoms with Crippen molar-refractivity contribution in [3.05, 3.63) is 102 Å². The quantitative estimate of drug-likeness (QED) is 0.166. The number of phenolic OH excluding ortho intramolecular Hbond substituents is 1. The highest BCUT2D eigenvalue weighted by molar-refractivity contribution is 5.82. The number of hydrogen-bond donors (Lipinski definition) is 3. The summed E-state index contributed by atoms with van der Waals surface area (Å²) >= 11 is 0. The van der Waals surface area contributed by atoms with Gasteiger partial charge in [-0.25, -0.2) is 4.98 Å². The van der Waals surface area contributed by atoms with Crippen molar-refractivity contribution in [2.24, 2.45) is 7.05 Å². The number of nitrogens with zero attached hydrogens (tertiary/aromatic N) is 11. The van der Waals surface area contributed by atoms with Crippen molar-refractivity contribution < 1.29 is 14.3 Å². The van der Waals surface area contributed by atoms with E-state index in [1.807, 2.05) is 67.3 Å². The maximum atomic E-state index is 11.6. The molecular weight excluding hydrogens is 735 g/mol. The van der Waals surface area contributed by atoms with Gasteiger partial charge in [-0.1, -0.05) is 30.3 Å². The molecule has 0 radical (unpaired) electrons. The summed E-state index contributed by atoms with van der Waals surface area (Å²) < 4.78 is 13.7. The fourth-order valence-corrected chi connectivity index (χ4v) is 7.87. The summed E-state index contributed by atoms with van der Waals surface area (Å²) in [4.78, 5) is 13.7. The average molecular weight is 780 g/mol. The summed E-state index contributed by atoms with van der Waals surface area (Å²) in [5.74, 6) is 2.04. The van der Waals surface area contributed by atoms with Gasteiger partial charge < -0.3 is 35.5 Å². The number of nitrogen functional groups attached to an aromatic ring is 2. The molecule has 9 rings (SSSR count). The van der Waals surface area contributed by atoms with E-state index in [9.17, 15) is 5.11 Å². The Bertz CT molecular complexity index is 2570. The molecule has 2 fully saturated rings. The molecule has 6 heterocycles. The first-order valence-corrected chi connectivity index (χ1v) is 19.4. The van der Waals surface area contributed by atoms with Crippen LogP contribution in [0.3, 0.4) is 0 Å². The van der Waals surface area contributed by atoms with Crippen molar-refractivity contribution in [2.45, 2.75) is 20.0 Å². The van der Waals surface area contributed by atoms with Gasteiger partial charge in [-0.05, 0) is 48.0 Å². The highest BCUT2D eigenvalue weighted by Gasteiger charge is 2.25. The lowest BCUT2D eigenvalue weighted by Crippen LogP contribution is -2.46. The summed E-state index contributed by atoms with van der Waals surface area (Å²) in [7, 11) is 1.97. The molecule has 0 bridgehead atoms. The van der Waals surface area contributed by atoms with Crippen LogP contribution in [0.2, 0.25) is 0 Å². The number of aromatic nitrogens is 7. The molecule has 58 heavy (non-hydrogen) atoms. The first-order chi connectivity index (χ1) is 28.3. The highest BCUT2D eigenvalue weighted by atomic mass is 16.5. The van der Waals surface area contributed by atoms with Crippen LogP contribution in [-0.4, -0.2) is 102 Å². The molecule has 4 aromatic heterocycles. The molecule has 2 saturated heterocycles. The van der Waals surface area contributed by atoms with Crippen molar-refractivity contribution in [3.8, 4) is 39.8 Å². The number of hydrogen-bond acceptors (Lipinski definition) is 15. The SMILES string of the molecule is Cc1nc(CN2CCN(c3cc(-c4cccc(Oc5ccccc5-c5cc(N6CCN(Cc7cccc8c7cnn8C)CC6)c(N)nn5)c4O)nnc3N)CC2)co1. The van der Waals surface area contributed by atoms with E-state index in [1.54, 1.807) is 18.4 Å². The fourth-order valence-electron chi connectivity index (χ4n) is 7.87. The third kappa shape index (κ3) is 7.42. The third-order valence-corrected chi connectivity index (χ3v) is 11.0. The van der Waals surface area contributed by atoms with Crippen LogP contribution in [-0.2, 0) is 20.1 Å². The molecule has 0 atom stereocenters. The highest BCUT2D eigenvalue weighted by Crippen LogP contribution is 2.42. The summed E-state index contributed by atoms with van der Waals surface area (Å²) in [6.07, 6.45) is 3.66. The van der Waals surface area contributed by atoms with E-state index in [1.165, 1.54) is 10.9 Å². The van der Waals surface area contributed by atoms with Gasteiger partial charge in [0.05, 0.1) is 40.2 Å². The molecule has 0 saturated carbocycles. The first-order valence-electron chi connectivity index (χ1n) is 19.4. The van der Waals surface area contributed by atoms with Gasteiger partial charge in [-0.3, -0.25) is 14.5 Å². The smallest absolute Gasteiger partial charge is 0.191 e. The maximum Gasteiger partial charge on any atom is 0.191 e. The lowest BCUT2D eigenvalue weighted by Gasteiger charge is -2.36. The largest absolute Gasteiger partial charge is 0.504 e. The monoisotopic (exact) mass is 779 g/mol. The summed E-state index contributed by atoms with van der Waals surface area (Å²) in [5, 5.41) is 34.7. The molecule has 2 aliphatic heterocycles. The Balaban J connectivity index is 0.896. The molecule has 296 valence electrons. The molecule has 5 N–H and O–H groups in total. The van der Waals surface area contributed by atoms with E-state index in [4.69, 9.17) is 20.6 Å². The zero-order chi connectivity index (χ0) is 39.8. The van der Waals surface area contributed by atoms with E-state index in [-0.39, 0.29) is 11.5 Å². The van der Waals surface area contributed by atoms with Crippen LogP contribution in [0.4, 0.5) is 23.0 Å². The Hall–Kier alpha value is -6.78. The topological polar surface area (TPSA) is 190 Å². The molecule has 16 nitrogen and oxygen atoms in total. The van der Waals surface area contributed by atoms with Crippen LogP contribution in [0.5, 0.6) is 17.2 Å². The van der Waals surface area contributed by atoms with Gasteiger partial charge in [0, 0.05) is 95.9 Å². The van der Waals surface area contributed by atoms with Crippen molar-refractivity contribution in [3.63, 3.8) is 0 Å². The Labute approximate surface area is 335 Å². The minimum Gasteiger partial charge on any atom is -0.504 e. The zero-order valence-electron chi connectivity index (χ0n) is 32.5. The molecule has 16 heteroatoms. The Morgan fingerprint density at radius 1 is 0.707 bits per heavy atom. The van der Waals surface area contributed by atoms with Gasteiger partial charge in [0.2, 0.25) is 0 Å². The van der Waals surface area contributed by atoms with Crippen molar-refractivity contribution >= 4 is 33.9 Å². The molecule has 3 aromatic carbocycles. The molecule has 7 aromatic rings. The molecule has 0 unspecified atom stereocenters. The molecule has 0 spiro atoms. The number of fused-ring (bicyclic) bond motifs is 1. The molecule has 2 aliphatic rings. The lowest BCUT2D eigenvalue weighted by atomic mass is 10.1. The van der Waals surface area contributed by atoms with Crippen LogP contribution in [0.1, 0.15) is 17.1 Å². The molecular formula is C42H45N13O3. The van der Waals surface area contributed by atoms with E-state index in [0.29, 0.717) is 45.8 Å². The van der Waals surface area contributed by atoms with Crippen molar-refractivity contribution in [2.75, 3.05) is 73.6 Å². The Morgan fingerprint density at radius 3 is 1.98 bits per heavy atom. The summed E-state index contributed by atoms with van der Waals surface area (Å²) in [5.41, 5.74) is 20.0. The van der Waals surface area contributed by atoms with Gasteiger partial charge >= 0.3 is 0 Å². The van der Waals surface area contributed by atoms with Gasteiger partial charge in [0.1, 0.15) is 12.0 Å². The number of aryl methyl sites for hydroxylation is 2. The van der Waals surface area contributed by atoms with E-state index in [2.05, 4.69) is 68.3 Å². The average Bonchev–Trinajstić information content (AvgIpc) is 3.84. The van der Waals surface area contributed by atoms with Gasteiger partial charge in [-0.2, -0.15) is 5.10 Å². The van der Waals surface area contributed by atoms with Crippen molar-refractivity contribution in [1.82, 2.24) is 45.0 Å². The number of benzene rings is 3. The number of rotatable bonds is 10. The molecule has 0 aliphatic carbocycles. The van der Waals surface area contributed by atoms with Gasteiger partial charge in [0.15, 0.2) is 29.0 Å². The number of para-hydroxylation sites is 2. The third-order valence-electron chi connectivity index (χ3n) is 11.0. The van der Waals surface area contributed by atoms with Gasteiger partial charge in [0.25, 0.3) is 0 Å². The lowest BCUT2D eigenvalue weighted by molar-refractivity contribution is 0.247. The number of piperazine rings is 2. The van der Waals surface area contributed by atoms with Crippen LogP contribution in [0.25, 0.3) is 33.4 Å². The van der Waals surface area contributed by atoms with E-state index >= 15 is 0 Å². The van der Waals surface area contributed by atoms with Crippen LogP contribution in [0.15, 0.2) is 89.7 Å². The second-order valence-electron chi connectivity index (χ2n) is 14.8. The predicted octanol–water partition coefficient (Wildman–Crippen LogP) is 5.09. The number of anilines is 4. The van der Waals surface area contributed by atoms with Crippen LogP contribution >= 0.6 is 0 Å². The number of oxazole rings is 1. The minimum atomic E-state index is -0.0724. The van der Waals surface area contributed by atoms with Crippen molar-refractivity contribution in [1.29, 1.82) is 0 Å². The molecule has 0 amide bonds. The minimum absolute atomic E-state index is 0.0724. The van der Waals surface area contributed by atoms with E-state index in [0.717, 1.165) is 88.0 Å². The Morgan fingerprint density at radius 2 is 1.31 bits per heavy atom. The second kappa shape index (κ2) is 15.6. The zero-order valence-corrected chi connectivity index (χ0v) is 32.5. The van der Waals surface area contributed by atoms with Crippen LogP contribution < -0.4 is 26.0 Å². The summed E-state index contributed by atoms with van der Waals surface area (Å²) in [6, 6.07) is 23.1. The van der Waals surface area contributed by atoms with Crippen LogP contribution in [0, 0.1) is 6.92 Å². The normalized spacial score (nSPS) is 15.3. The predicted molar refractivity (Wildman–Crippen MR) is 222 cm³/mol. The standard InChI is InChI=1S/C42H45N13O3/c1-27-46-29(26-57-27)25-53-15-19-55(20-16-53)37-22-34(48-50-42(37)44)31-9-6-12-39(40(31)56)58-38-11-4-3-8-30(38)33-21-36(41(43)49-47-33)54-17-13-52(14-18-54)24-28-7-5-10-35-32(28)23-45-51(35)2/h3-12,21-23,26,56H,13-20,24-25H2,1-2H3,(H2,43,49)(H2,44,50). The maximum absolute atomic E-state index is 11.6. The fraction of sp³-hybridized carbons (Fsp3) is 0.286. The number of aromatic hydroxyl groups is 1. The Kier molecular flexibility index (Phi) is 9.93. The second-order valence-corrected chi connectivity index (χ2v) is 14.8. The first kappa shape index (κ1) is 36.8. The number of nitrogens with two attached hydrogens (primary N) is 2. The summed E-state index contributed by atoms with van der Waals surface area (Å²) in [6.45, 7) is 9.84.